The normalized spacial score (nSPS) is 16.5. The Bertz CT molecular complexity index is 1170. The van der Waals surface area contributed by atoms with Crippen LogP contribution < -0.4 is 10.3 Å². The summed E-state index contributed by atoms with van der Waals surface area (Å²) in [5.74, 6) is 0.160. The Labute approximate surface area is 188 Å². The molecule has 1 atom stereocenters. The van der Waals surface area contributed by atoms with E-state index in [-0.39, 0.29) is 29.0 Å². The molecule has 0 bridgehead atoms. The number of para-hydroxylation sites is 1. The molecule has 1 aromatic heterocycles. The number of carbonyl (C=O) groups excluding carboxylic acids is 1. The lowest BCUT2D eigenvalue weighted by atomic mass is 10.0. The topological polar surface area (TPSA) is 64.4 Å². The Hall–Kier alpha value is -2.94. The number of aromatic nitrogens is 2. The van der Waals surface area contributed by atoms with Crippen molar-refractivity contribution in [3.8, 4) is 11.4 Å². The maximum absolute atomic E-state index is 13.3. The minimum atomic E-state index is -2.93. The molecule has 0 N–H and O–H groups in total. The summed E-state index contributed by atoms with van der Waals surface area (Å²) in [4.78, 5) is 32.6. The molecule has 0 spiro atoms. The number of fused-ring (bicyclic) bond motifs is 1. The first-order valence-corrected chi connectivity index (χ1v) is 11.4. The van der Waals surface area contributed by atoms with Crippen LogP contribution in [0.5, 0.6) is 5.75 Å². The van der Waals surface area contributed by atoms with E-state index in [1.165, 1.54) is 40.6 Å². The molecule has 0 radical (unpaired) electrons. The monoisotopic (exact) mass is 459 g/mol. The average Bonchev–Trinajstić information content (AvgIpc) is 2.78. The number of amides is 1. The van der Waals surface area contributed by atoms with Crippen molar-refractivity contribution in [1.29, 1.82) is 0 Å². The second-order valence-electron chi connectivity index (χ2n) is 7.65. The zero-order chi connectivity index (χ0) is 22.7. The summed E-state index contributed by atoms with van der Waals surface area (Å²) in [6.07, 6.45) is 3.10. The Morgan fingerprint density at radius 2 is 1.94 bits per heavy atom. The molecule has 2 heterocycles. The molecule has 168 valence electrons. The van der Waals surface area contributed by atoms with Crippen molar-refractivity contribution in [2.75, 3.05) is 12.3 Å². The van der Waals surface area contributed by atoms with Crippen LogP contribution in [0, 0.1) is 0 Å². The average molecular weight is 460 g/mol. The summed E-state index contributed by atoms with van der Waals surface area (Å²) in [5, 5.41) is 0.801. The van der Waals surface area contributed by atoms with Crippen LogP contribution >= 0.6 is 11.8 Å². The first-order chi connectivity index (χ1) is 15.4. The number of benzene rings is 2. The van der Waals surface area contributed by atoms with Gasteiger partial charge in [-0.2, -0.15) is 8.78 Å². The van der Waals surface area contributed by atoms with E-state index in [4.69, 9.17) is 0 Å². The van der Waals surface area contributed by atoms with E-state index >= 15 is 0 Å². The minimum Gasteiger partial charge on any atom is -0.435 e. The van der Waals surface area contributed by atoms with E-state index in [0.717, 1.165) is 25.8 Å². The predicted octanol–water partition coefficient (Wildman–Crippen LogP) is 4.48. The molecular weight excluding hydrogens is 436 g/mol. The summed E-state index contributed by atoms with van der Waals surface area (Å²) in [6, 6.07) is 13.0. The highest BCUT2D eigenvalue weighted by molar-refractivity contribution is 7.99. The fourth-order valence-electron chi connectivity index (χ4n) is 3.89. The van der Waals surface area contributed by atoms with E-state index in [9.17, 15) is 18.4 Å². The molecule has 3 aromatic rings. The lowest BCUT2D eigenvalue weighted by Gasteiger charge is -2.33. The molecular formula is C23H23F2N3O3S. The van der Waals surface area contributed by atoms with Crippen molar-refractivity contribution in [3.63, 3.8) is 0 Å². The van der Waals surface area contributed by atoms with Crippen molar-refractivity contribution in [3.05, 3.63) is 58.9 Å². The van der Waals surface area contributed by atoms with Gasteiger partial charge >= 0.3 is 6.61 Å². The highest BCUT2D eigenvalue weighted by Gasteiger charge is 2.24. The van der Waals surface area contributed by atoms with Gasteiger partial charge in [0.1, 0.15) is 5.75 Å². The van der Waals surface area contributed by atoms with E-state index in [1.54, 1.807) is 24.3 Å². The molecule has 1 amide bonds. The van der Waals surface area contributed by atoms with E-state index in [1.807, 2.05) is 4.90 Å². The molecule has 6 nitrogen and oxygen atoms in total. The Kier molecular flexibility index (Phi) is 6.74. The molecule has 2 aromatic carbocycles. The van der Waals surface area contributed by atoms with Crippen LogP contribution in [0.3, 0.4) is 0 Å². The summed E-state index contributed by atoms with van der Waals surface area (Å²) in [7, 11) is 0. The lowest BCUT2D eigenvalue weighted by molar-refractivity contribution is -0.131. The highest BCUT2D eigenvalue weighted by atomic mass is 32.2. The van der Waals surface area contributed by atoms with Crippen molar-refractivity contribution < 1.29 is 18.3 Å². The number of halogens is 2. The van der Waals surface area contributed by atoms with Gasteiger partial charge in [-0.15, -0.1) is 0 Å². The third kappa shape index (κ3) is 4.77. The molecule has 9 heteroatoms. The Morgan fingerprint density at radius 3 is 2.66 bits per heavy atom. The van der Waals surface area contributed by atoms with Gasteiger partial charge in [-0.3, -0.25) is 14.2 Å². The van der Waals surface area contributed by atoms with Crippen molar-refractivity contribution in [1.82, 2.24) is 14.5 Å². The number of piperidine rings is 1. The zero-order valence-electron chi connectivity index (χ0n) is 17.5. The fourth-order valence-corrected chi connectivity index (χ4v) is 4.79. The van der Waals surface area contributed by atoms with Crippen LogP contribution in [0.25, 0.3) is 16.6 Å². The van der Waals surface area contributed by atoms with Gasteiger partial charge in [-0.1, -0.05) is 23.9 Å². The first kappa shape index (κ1) is 22.3. The number of hydrogen-bond acceptors (Lipinski definition) is 5. The third-order valence-corrected chi connectivity index (χ3v) is 6.44. The van der Waals surface area contributed by atoms with Crippen molar-refractivity contribution in [2.45, 2.75) is 44.0 Å². The number of nitrogens with zero attached hydrogens (tertiary/aromatic N) is 3. The Balaban J connectivity index is 1.68. The molecule has 32 heavy (non-hydrogen) atoms. The van der Waals surface area contributed by atoms with Gasteiger partial charge in [0.2, 0.25) is 5.91 Å². The standard InChI is InChI=1S/C23H23F2N3O3S/c1-15-6-4-5-13-27(15)20(29)14-32-23-26-19-8-3-2-7-18(19)21(30)28(23)16-9-11-17(12-10-16)31-22(24)25/h2-3,7-12,15,22H,4-6,13-14H2,1H3. The van der Waals surface area contributed by atoms with Gasteiger partial charge in [0.25, 0.3) is 5.56 Å². The highest BCUT2D eigenvalue weighted by Crippen LogP contribution is 2.25. The number of rotatable bonds is 6. The van der Waals surface area contributed by atoms with Gasteiger partial charge in [-0.25, -0.2) is 4.98 Å². The molecule has 1 aliphatic rings. The Morgan fingerprint density at radius 1 is 1.19 bits per heavy atom. The van der Waals surface area contributed by atoms with Crippen LogP contribution in [-0.4, -0.2) is 45.3 Å². The van der Waals surface area contributed by atoms with Crippen LogP contribution in [0.1, 0.15) is 26.2 Å². The summed E-state index contributed by atoms with van der Waals surface area (Å²) in [6.45, 7) is -0.140. The molecule has 0 saturated carbocycles. The first-order valence-electron chi connectivity index (χ1n) is 10.4. The molecule has 1 fully saturated rings. The molecule has 4 rings (SSSR count). The SMILES string of the molecule is CC1CCCCN1C(=O)CSc1nc2ccccc2c(=O)n1-c1ccc(OC(F)F)cc1. The van der Waals surface area contributed by atoms with Crippen LogP contribution in [0.15, 0.2) is 58.5 Å². The quantitative estimate of drug-likeness (QED) is 0.402. The van der Waals surface area contributed by atoms with Gasteiger partial charge in [0.15, 0.2) is 5.16 Å². The summed E-state index contributed by atoms with van der Waals surface area (Å²) >= 11 is 1.20. The number of carbonyl (C=O) groups is 1. The largest absolute Gasteiger partial charge is 0.435 e. The third-order valence-electron chi connectivity index (χ3n) is 5.51. The van der Waals surface area contributed by atoms with E-state index in [0.29, 0.717) is 21.7 Å². The van der Waals surface area contributed by atoms with Crippen molar-refractivity contribution >= 4 is 28.6 Å². The van der Waals surface area contributed by atoms with Gasteiger partial charge in [-0.05, 0) is 62.6 Å². The molecule has 1 saturated heterocycles. The van der Waals surface area contributed by atoms with E-state index < -0.39 is 6.61 Å². The van der Waals surface area contributed by atoms with Crippen LogP contribution in [0.2, 0.25) is 0 Å². The minimum absolute atomic E-state index is 0.00554. The maximum Gasteiger partial charge on any atom is 0.387 e. The van der Waals surface area contributed by atoms with Gasteiger partial charge in [0, 0.05) is 12.6 Å². The molecule has 1 unspecified atom stereocenters. The lowest BCUT2D eigenvalue weighted by Crippen LogP contribution is -2.43. The molecule has 0 aliphatic carbocycles. The van der Waals surface area contributed by atoms with E-state index in [2.05, 4.69) is 16.6 Å². The number of ether oxygens (including phenoxy) is 1. The number of likely N-dealkylation sites (tertiary alicyclic amines) is 1. The maximum atomic E-state index is 13.3. The molecule has 1 aliphatic heterocycles. The smallest absolute Gasteiger partial charge is 0.387 e. The summed E-state index contributed by atoms with van der Waals surface area (Å²) < 4.78 is 30.8. The fraction of sp³-hybridized carbons (Fsp3) is 0.348. The number of alkyl halides is 2. The van der Waals surface area contributed by atoms with Gasteiger partial charge < -0.3 is 9.64 Å². The number of hydrogen-bond donors (Lipinski definition) is 0. The van der Waals surface area contributed by atoms with Crippen molar-refractivity contribution in [2.24, 2.45) is 0 Å². The van der Waals surface area contributed by atoms with Crippen LogP contribution in [0.4, 0.5) is 8.78 Å². The predicted molar refractivity (Wildman–Crippen MR) is 120 cm³/mol. The summed E-state index contributed by atoms with van der Waals surface area (Å²) in [5.41, 5.74) is 0.697. The van der Waals surface area contributed by atoms with Crippen LogP contribution in [-0.2, 0) is 4.79 Å². The zero-order valence-corrected chi connectivity index (χ0v) is 18.4. The van der Waals surface area contributed by atoms with Gasteiger partial charge in [0.05, 0.1) is 22.3 Å². The second kappa shape index (κ2) is 9.68. The number of thioether (sulfide) groups is 1. The second-order valence-corrected chi connectivity index (χ2v) is 8.59.